The summed E-state index contributed by atoms with van der Waals surface area (Å²) in [4.78, 5) is 21.9. The third-order valence-electron chi connectivity index (χ3n) is 2.18. The summed E-state index contributed by atoms with van der Waals surface area (Å²) in [5, 5.41) is 13.2. The van der Waals surface area contributed by atoms with E-state index in [1.807, 2.05) is 0 Å². The molecule has 1 aromatic rings. The highest BCUT2D eigenvalue weighted by molar-refractivity contribution is 5.95. The van der Waals surface area contributed by atoms with Gasteiger partial charge in [-0.3, -0.25) is 14.9 Å². The number of halogens is 1. The first-order chi connectivity index (χ1) is 8.11. The van der Waals surface area contributed by atoms with Crippen molar-refractivity contribution in [3.05, 3.63) is 39.2 Å². The van der Waals surface area contributed by atoms with Crippen molar-refractivity contribution in [2.75, 3.05) is 0 Å². The van der Waals surface area contributed by atoms with Crippen molar-refractivity contribution in [3.63, 3.8) is 0 Å². The summed E-state index contributed by atoms with van der Waals surface area (Å²) in [6.45, 7) is 6.61. The molecular weight excluding hydrogens is 239 g/mol. The van der Waals surface area contributed by atoms with Gasteiger partial charge in [0.15, 0.2) is 0 Å². The molecule has 0 aliphatic rings. The van der Waals surface area contributed by atoms with Crippen molar-refractivity contribution >= 4 is 11.6 Å². The van der Waals surface area contributed by atoms with Crippen LogP contribution in [0.15, 0.2) is 12.1 Å². The van der Waals surface area contributed by atoms with Crippen LogP contribution in [0.4, 0.5) is 10.1 Å². The van der Waals surface area contributed by atoms with Crippen LogP contribution in [0.3, 0.4) is 0 Å². The summed E-state index contributed by atoms with van der Waals surface area (Å²) >= 11 is 0. The molecule has 0 heterocycles. The van der Waals surface area contributed by atoms with Gasteiger partial charge in [-0.15, -0.1) is 0 Å². The van der Waals surface area contributed by atoms with Gasteiger partial charge in [-0.05, 0) is 33.3 Å². The van der Waals surface area contributed by atoms with Crippen LogP contribution in [0.2, 0.25) is 0 Å². The van der Waals surface area contributed by atoms with E-state index in [1.165, 1.54) is 6.92 Å². The third-order valence-corrected chi connectivity index (χ3v) is 2.18. The Labute approximate surface area is 104 Å². The van der Waals surface area contributed by atoms with Crippen molar-refractivity contribution in [2.45, 2.75) is 33.2 Å². The lowest BCUT2D eigenvalue weighted by atomic mass is 10.1. The van der Waals surface area contributed by atoms with E-state index >= 15 is 0 Å². The molecule has 1 aromatic carbocycles. The number of carbonyl (C=O) groups is 1. The van der Waals surface area contributed by atoms with E-state index in [2.05, 4.69) is 5.32 Å². The standard InChI is InChI=1S/C12H15FN2O3/c1-7-5-8(15(17)18)6-9(10(7)13)11(16)14-12(2,3)4/h5-6H,1-4H3,(H,14,16). The van der Waals surface area contributed by atoms with Gasteiger partial charge < -0.3 is 5.32 Å². The van der Waals surface area contributed by atoms with E-state index in [0.29, 0.717) is 0 Å². The Balaban J connectivity index is 3.23. The number of amides is 1. The van der Waals surface area contributed by atoms with Gasteiger partial charge in [0.1, 0.15) is 5.82 Å². The van der Waals surface area contributed by atoms with Crippen molar-refractivity contribution < 1.29 is 14.1 Å². The molecule has 0 unspecified atom stereocenters. The predicted octanol–water partition coefficient (Wildman–Crippen LogP) is 2.57. The largest absolute Gasteiger partial charge is 0.347 e. The number of nitro groups is 1. The molecule has 0 spiro atoms. The van der Waals surface area contributed by atoms with E-state index in [4.69, 9.17) is 0 Å². The lowest BCUT2D eigenvalue weighted by Crippen LogP contribution is -2.41. The molecule has 1 N–H and O–H groups in total. The second kappa shape index (κ2) is 4.72. The van der Waals surface area contributed by atoms with Crippen molar-refractivity contribution in [2.24, 2.45) is 0 Å². The van der Waals surface area contributed by atoms with Crippen LogP contribution in [-0.4, -0.2) is 16.4 Å². The Hall–Kier alpha value is -1.98. The van der Waals surface area contributed by atoms with Crippen molar-refractivity contribution in [1.29, 1.82) is 0 Å². The van der Waals surface area contributed by atoms with Gasteiger partial charge >= 0.3 is 0 Å². The average molecular weight is 254 g/mol. The zero-order valence-electron chi connectivity index (χ0n) is 10.7. The minimum atomic E-state index is -0.734. The van der Waals surface area contributed by atoms with Crippen LogP contribution in [0.25, 0.3) is 0 Å². The molecular formula is C12H15FN2O3. The SMILES string of the molecule is Cc1cc([N+](=O)[O-])cc(C(=O)NC(C)(C)C)c1F. The molecule has 1 rings (SSSR count). The van der Waals surface area contributed by atoms with Gasteiger partial charge in [-0.2, -0.15) is 0 Å². The molecule has 0 atom stereocenters. The van der Waals surface area contributed by atoms with Crippen LogP contribution in [0.5, 0.6) is 0 Å². The molecule has 0 saturated heterocycles. The first-order valence-corrected chi connectivity index (χ1v) is 5.39. The summed E-state index contributed by atoms with van der Waals surface area (Å²) in [6.07, 6.45) is 0. The lowest BCUT2D eigenvalue weighted by molar-refractivity contribution is -0.385. The molecule has 0 bridgehead atoms. The highest BCUT2D eigenvalue weighted by atomic mass is 19.1. The molecule has 0 aromatic heterocycles. The Morgan fingerprint density at radius 1 is 1.39 bits per heavy atom. The molecule has 0 radical (unpaired) electrons. The second-order valence-corrected chi connectivity index (χ2v) is 5.09. The van der Waals surface area contributed by atoms with Gasteiger partial charge in [-0.1, -0.05) is 0 Å². The number of nitro benzene ring substituents is 1. The Morgan fingerprint density at radius 2 is 1.94 bits per heavy atom. The van der Waals surface area contributed by atoms with E-state index < -0.39 is 22.2 Å². The van der Waals surface area contributed by atoms with Gasteiger partial charge in [0.05, 0.1) is 10.5 Å². The molecule has 0 fully saturated rings. The number of hydrogen-bond acceptors (Lipinski definition) is 3. The van der Waals surface area contributed by atoms with Gasteiger partial charge in [0.2, 0.25) is 0 Å². The predicted molar refractivity (Wildman–Crippen MR) is 65.0 cm³/mol. The number of aryl methyl sites for hydroxylation is 1. The van der Waals surface area contributed by atoms with Gasteiger partial charge in [-0.25, -0.2) is 4.39 Å². The van der Waals surface area contributed by atoms with Crippen LogP contribution in [-0.2, 0) is 0 Å². The number of rotatable bonds is 2. The highest BCUT2D eigenvalue weighted by Crippen LogP contribution is 2.21. The Kier molecular flexibility index (Phi) is 3.69. The highest BCUT2D eigenvalue weighted by Gasteiger charge is 2.22. The lowest BCUT2D eigenvalue weighted by Gasteiger charge is -2.20. The molecule has 0 saturated carbocycles. The maximum atomic E-state index is 13.8. The number of hydrogen-bond donors (Lipinski definition) is 1. The fourth-order valence-electron chi connectivity index (χ4n) is 1.43. The summed E-state index contributed by atoms with van der Waals surface area (Å²) in [5.41, 5.74) is -1.07. The van der Waals surface area contributed by atoms with E-state index in [9.17, 15) is 19.3 Å². The minimum absolute atomic E-state index is 0.0725. The second-order valence-electron chi connectivity index (χ2n) is 5.09. The number of nitrogens with one attached hydrogen (secondary N) is 1. The zero-order chi connectivity index (χ0) is 14.1. The van der Waals surface area contributed by atoms with E-state index in [-0.39, 0.29) is 16.8 Å². The molecule has 18 heavy (non-hydrogen) atoms. The molecule has 5 nitrogen and oxygen atoms in total. The summed E-state index contributed by atoms with van der Waals surface area (Å²) in [5.74, 6) is -1.39. The van der Waals surface area contributed by atoms with Gasteiger partial charge in [0.25, 0.3) is 11.6 Å². The molecule has 0 aliphatic heterocycles. The smallest absolute Gasteiger partial charge is 0.270 e. The average Bonchev–Trinajstić information content (AvgIpc) is 2.18. The van der Waals surface area contributed by atoms with E-state index in [1.54, 1.807) is 20.8 Å². The van der Waals surface area contributed by atoms with Crippen LogP contribution >= 0.6 is 0 Å². The number of benzene rings is 1. The maximum Gasteiger partial charge on any atom is 0.270 e. The molecule has 1 amide bonds. The van der Waals surface area contributed by atoms with Crippen LogP contribution < -0.4 is 5.32 Å². The molecule has 6 heteroatoms. The normalized spacial score (nSPS) is 11.2. The van der Waals surface area contributed by atoms with E-state index in [0.717, 1.165) is 12.1 Å². The Bertz CT molecular complexity index is 507. The first kappa shape index (κ1) is 14.1. The number of nitrogens with zero attached hydrogens (tertiary/aromatic N) is 1. The van der Waals surface area contributed by atoms with Crippen molar-refractivity contribution in [3.8, 4) is 0 Å². The summed E-state index contributed by atoms with van der Waals surface area (Å²) < 4.78 is 13.8. The molecule has 98 valence electrons. The number of carbonyl (C=O) groups excluding carboxylic acids is 1. The first-order valence-electron chi connectivity index (χ1n) is 5.39. The minimum Gasteiger partial charge on any atom is -0.347 e. The monoisotopic (exact) mass is 254 g/mol. The van der Waals surface area contributed by atoms with Gasteiger partial charge in [0, 0.05) is 17.7 Å². The Morgan fingerprint density at radius 3 is 2.39 bits per heavy atom. The quantitative estimate of drug-likeness (QED) is 0.651. The fourth-order valence-corrected chi connectivity index (χ4v) is 1.43. The zero-order valence-corrected chi connectivity index (χ0v) is 10.7. The van der Waals surface area contributed by atoms with Crippen LogP contribution in [0, 0.1) is 22.9 Å². The molecule has 0 aliphatic carbocycles. The number of non-ortho nitro benzene ring substituents is 1. The summed E-state index contributed by atoms with van der Waals surface area (Å²) in [7, 11) is 0. The topological polar surface area (TPSA) is 72.2 Å². The third kappa shape index (κ3) is 3.26. The van der Waals surface area contributed by atoms with Crippen LogP contribution in [0.1, 0.15) is 36.7 Å². The van der Waals surface area contributed by atoms with Crippen molar-refractivity contribution in [1.82, 2.24) is 5.32 Å². The maximum absolute atomic E-state index is 13.8. The fraction of sp³-hybridized carbons (Fsp3) is 0.417. The summed E-state index contributed by atoms with van der Waals surface area (Å²) in [6, 6.07) is 2.05.